The third-order valence-corrected chi connectivity index (χ3v) is 3.61. The molecule has 0 aliphatic carbocycles. The number of amides is 1. The molecule has 7 nitrogen and oxygen atoms in total. The van der Waals surface area contributed by atoms with Crippen LogP contribution in [0.25, 0.3) is 11.5 Å². The van der Waals surface area contributed by atoms with Crippen LogP contribution in [0.4, 0.5) is 5.82 Å². The van der Waals surface area contributed by atoms with Crippen LogP contribution >= 0.6 is 0 Å². The number of hydrogen-bond donors (Lipinski definition) is 1. The Labute approximate surface area is 149 Å². The zero-order valence-electron chi connectivity index (χ0n) is 13.8. The maximum atomic E-state index is 12.6. The third kappa shape index (κ3) is 3.49. The first-order chi connectivity index (χ1) is 12.6. The van der Waals surface area contributed by atoms with Crippen molar-refractivity contribution in [3.05, 3.63) is 66.2 Å². The number of benzene rings is 1. The standard InChI is InChI=1S/C19H14N4O3/c1-12-17(26-19(22-12)13-7-3-2-4-8-13)16(24)14(11-20)18(25)23-15-9-5-6-10-21-15/h2-10,14H,1H3,(H,21,23,25)/t14-/m0/s1. The molecule has 0 radical (unpaired) electrons. The van der Waals surface area contributed by atoms with Gasteiger partial charge in [-0.1, -0.05) is 24.3 Å². The summed E-state index contributed by atoms with van der Waals surface area (Å²) in [5.41, 5.74) is 1.01. The average Bonchev–Trinajstić information content (AvgIpc) is 3.05. The molecule has 1 amide bonds. The van der Waals surface area contributed by atoms with Gasteiger partial charge in [-0.15, -0.1) is 0 Å². The van der Waals surface area contributed by atoms with Crippen molar-refractivity contribution in [2.45, 2.75) is 6.92 Å². The van der Waals surface area contributed by atoms with Crippen LogP contribution in [0.15, 0.2) is 59.1 Å². The number of nitriles is 1. The molecule has 7 heteroatoms. The summed E-state index contributed by atoms with van der Waals surface area (Å²) in [5, 5.41) is 11.8. The minimum absolute atomic E-state index is 0.105. The van der Waals surface area contributed by atoms with Crippen molar-refractivity contribution in [1.29, 1.82) is 5.26 Å². The second-order valence-electron chi connectivity index (χ2n) is 5.43. The van der Waals surface area contributed by atoms with Crippen LogP contribution in [0.5, 0.6) is 0 Å². The Balaban J connectivity index is 1.84. The number of oxazole rings is 1. The number of ketones is 1. The van der Waals surface area contributed by atoms with Crippen molar-refractivity contribution in [3.8, 4) is 17.5 Å². The van der Waals surface area contributed by atoms with Gasteiger partial charge in [-0.25, -0.2) is 9.97 Å². The van der Waals surface area contributed by atoms with E-state index in [1.807, 2.05) is 18.2 Å². The molecule has 0 fully saturated rings. The largest absolute Gasteiger partial charge is 0.433 e. The molecule has 0 unspecified atom stereocenters. The van der Waals surface area contributed by atoms with Crippen LogP contribution in [0.1, 0.15) is 16.2 Å². The fourth-order valence-corrected chi connectivity index (χ4v) is 2.33. The molecule has 2 heterocycles. The summed E-state index contributed by atoms with van der Waals surface area (Å²) in [6.45, 7) is 1.59. The zero-order valence-corrected chi connectivity index (χ0v) is 13.8. The van der Waals surface area contributed by atoms with E-state index in [0.29, 0.717) is 11.3 Å². The Kier molecular flexibility index (Phi) is 4.85. The molecule has 1 aromatic carbocycles. The predicted molar refractivity (Wildman–Crippen MR) is 93.0 cm³/mol. The van der Waals surface area contributed by atoms with Gasteiger partial charge in [0.2, 0.25) is 11.7 Å². The molecule has 26 heavy (non-hydrogen) atoms. The maximum absolute atomic E-state index is 12.6. The van der Waals surface area contributed by atoms with Gasteiger partial charge in [-0.3, -0.25) is 9.59 Å². The second kappa shape index (κ2) is 7.40. The molecule has 0 bridgehead atoms. The number of nitrogens with one attached hydrogen (secondary N) is 1. The molecule has 128 valence electrons. The lowest BCUT2D eigenvalue weighted by molar-refractivity contribution is -0.117. The fraction of sp³-hybridized carbons (Fsp3) is 0.105. The van der Waals surface area contributed by atoms with E-state index in [-0.39, 0.29) is 17.5 Å². The van der Waals surface area contributed by atoms with Gasteiger partial charge in [0.15, 0.2) is 11.7 Å². The minimum atomic E-state index is -1.56. The van der Waals surface area contributed by atoms with E-state index in [2.05, 4.69) is 15.3 Å². The van der Waals surface area contributed by atoms with Gasteiger partial charge in [0.1, 0.15) is 5.82 Å². The molecule has 0 saturated carbocycles. The van der Waals surface area contributed by atoms with E-state index >= 15 is 0 Å². The van der Waals surface area contributed by atoms with E-state index in [1.54, 1.807) is 43.3 Å². The lowest BCUT2D eigenvalue weighted by Gasteiger charge is -2.07. The normalized spacial score (nSPS) is 11.4. The number of nitrogens with zero attached hydrogens (tertiary/aromatic N) is 3. The average molecular weight is 346 g/mol. The number of hydrogen-bond acceptors (Lipinski definition) is 6. The summed E-state index contributed by atoms with van der Waals surface area (Å²) in [6, 6.07) is 15.7. The molecule has 2 aromatic heterocycles. The topological polar surface area (TPSA) is 109 Å². The van der Waals surface area contributed by atoms with Gasteiger partial charge >= 0.3 is 0 Å². The van der Waals surface area contributed by atoms with Crippen LogP contribution < -0.4 is 5.32 Å². The second-order valence-corrected chi connectivity index (χ2v) is 5.43. The van der Waals surface area contributed by atoms with Crippen molar-refractivity contribution in [2.24, 2.45) is 5.92 Å². The number of carbonyl (C=O) groups is 2. The summed E-state index contributed by atoms with van der Waals surface area (Å²) in [6.07, 6.45) is 1.49. The fourth-order valence-electron chi connectivity index (χ4n) is 2.33. The number of aryl methyl sites for hydroxylation is 1. The molecular weight excluding hydrogens is 332 g/mol. The first-order valence-electron chi connectivity index (χ1n) is 7.78. The number of carbonyl (C=O) groups excluding carboxylic acids is 2. The highest BCUT2D eigenvalue weighted by atomic mass is 16.4. The Bertz CT molecular complexity index is 975. The van der Waals surface area contributed by atoms with Crippen LogP contribution in [0, 0.1) is 24.2 Å². The summed E-state index contributed by atoms with van der Waals surface area (Å²) < 4.78 is 5.54. The zero-order chi connectivity index (χ0) is 18.5. The smallest absolute Gasteiger partial charge is 0.251 e. The van der Waals surface area contributed by atoms with Crippen LogP contribution in [-0.2, 0) is 4.79 Å². The van der Waals surface area contributed by atoms with Crippen molar-refractivity contribution in [1.82, 2.24) is 9.97 Å². The molecule has 0 saturated heterocycles. The SMILES string of the molecule is Cc1nc(-c2ccccc2)oc1C(=O)[C@H](C#N)C(=O)Nc1ccccn1. The molecule has 0 spiro atoms. The van der Waals surface area contributed by atoms with E-state index in [4.69, 9.17) is 4.42 Å². The minimum Gasteiger partial charge on any atom is -0.433 e. The summed E-state index contributed by atoms with van der Waals surface area (Å²) in [7, 11) is 0. The van der Waals surface area contributed by atoms with Gasteiger partial charge in [0, 0.05) is 11.8 Å². The highest BCUT2D eigenvalue weighted by Gasteiger charge is 2.32. The van der Waals surface area contributed by atoms with Crippen LogP contribution in [0.2, 0.25) is 0 Å². The molecule has 1 atom stereocenters. The Morgan fingerprint density at radius 1 is 1.15 bits per heavy atom. The van der Waals surface area contributed by atoms with Crippen molar-refractivity contribution in [2.75, 3.05) is 5.32 Å². The van der Waals surface area contributed by atoms with Crippen LogP contribution in [0.3, 0.4) is 0 Å². The third-order valence-electron chi connectivity index (χ3n) is 3.61. The Morgan fingerprint density at radius 3 is 2.54 bits per heavy atom. The molecule has 0 aliphatic rings. The van der Waals surface area contributed by atoms with Gasteiger partial charge in [-0.05, 0) is 31.2 Å². The summed E-state index contributed by atoms with van der Waals surface area (Å²) in [4.78, 5) is 33.1. The highest BCUT2D eigenvalue weighted by Crippen LogP contribution is 2.23. The van der Waals surface area contributed by atoms with Crippen LogP contribution in [-0.4, -0.2) is 21.7 Å². The predicted octanol–water partition coefficient (Wildman–Crippen LogP) is 3.01. The van der Waals surface area contributed by atoms with E-state index < -0.39 is 17.6 Å². The molecule has 3 rings (SSSR count). The van der Waals surface area contributed by atoms with Crippen molar-refractivity contribution < 1.29 is 14.0 Å². The number of Topliss-reactive ketones (excluding diaryl/α,β-unsaturated/α-hetero) is 1. The maximum Gasteiger partial charge on any atom is 0.251 e. The van der Waals surface area contributed by atoms with Gasteiger partial charge in [0.05, 0.1) is 11.8 Å². The molecule has 0 aliphatic heterocycles. The van der Waals surface area contributed by atoms with E-state index in [1.165, 1.54) is 6.20 Å². The first-order valence-corrected chi connectivity index (χ1v) is 7.78. The molecule has 1 N–H and O–H groups in total. The van der Waals surface area contributed by atoms with Gasteiger partial charge < -0.3 is 9.73 Å². The molecule has 3 aromatic rings. The summed E-state index contributed by atoms with van der Waals surface area (Å²) in [5.74, 6) is -2.67. The number of aromatic nitrogens is 2. The lowest BCUT2D eigenvalue weighted by Crippen LogP contribution is -2.29. The first kappa shape index (κ1) is 17.0. The Hall–Kier alpha value is -3.79. The number of anilines is 1. The van der Waals surface area contributed by atoms with E-state index in [9.17, 15) is 14.9 Å². The van der Waals surface area contributed by atoms with E-state index in [0.717, 1.165) is 0 Å². The lowest BCUT2D eigenvalue weighted by atomic mass is 10.0. The summed E-state index contributed by atoms with van der Waals surface area (Å²) >= 11 is 0. The monoisotopic (exact) mass is 346 g/mol. The Morgan fingerprint density at radius 2 is 1.88 bits per heavy atom. The number of rotatable bonds is 5. The van der Waals surface area contributed by atoms with Gasteiger partial charge in [-0.2, -0.15) is 5.26 Å². The number of pyridine rings is 1. The van der Waals surface area contributed by atoms with Crippen molar-refractivity contribution >= 4 is 17.5 Å². The van der Waals surface area contributed by atoms with Crippen molar-refractivity contribution in [3.63, 3.8) is 0 Å². The quantitative estimate of drug-likeness (QED) is 0.562. The highest BCUT2D eigenvalue weighted by molar-refractivity contribution is 6.14. The van der Waals surface area contributed by atoms with Gasteiger partial charge in [0.25, 0.3) is 5.91 Å². The molecular formula is C19H14N4O3.